The van der Waals surface area contributed by atoms with E-state index in [0.717, 1.165) is 18.5 Å². The summed E-state index contributed by atoms with van der Waals surface area (Å²) in [6.07, 6.45) is 2.36. The van der Waals surface area contributed by atoms with E-state index in [9.17, 15) is 14.4 Å². The van der Waals surface area contributed by atoms with Gasteiger partial charge in [0.05, 0.1) is 0 Å². The Hall–Kier alpha value is -2.37. The maximum atomic E-state index is 11.8. The Morgan fingerprint density at radius 1 is 1.09 bits per heavy atom. The van der Waals surface area contributed by atoms with E-state index in [1.54, 1.807) is 29.2 Å². The number of nitrogens with one attached hydrogen (secondary N) is 2. The van der Waals surface area contributed by atoms with Crippen LogP contribution in [0, 0.1) is 0 Å². The van der Waals surface area contributed by atoms with Crippen molar-refractivity contribution in [2.75, 3.05) is 23.3 Å². The zero-order chi connectivity index (χ0) is 17.2. The molecule has 0 saturated heterocycles. The van der Waals surface area contributed by atoms with Crippen molar-refractivity contribution in [2.24, 2.45) is 0 Å². The molecule has 6 nitrogen and oxygen atoms in total. The normalized spacial score (nSPS) is 10.0. The van der Waals surface area contributed by atoms with Crippen molar-refractivity contribution in [3.63, 3.8) is 0 Å². The Bertz CT molecular complexity index is 541. The first-order chi connectivity index (χ1) is 10.9. The summed E-state index contributed by atoms with van der Waals surface area (Å²) in [5, 5.41) is 5.50. The number of carbonyl (C=O) groups excluding carboxylic acids is 3. The van der Waals surface area contributed by atoms with Gasteiger partial charge in [0.2, 0.25) is 17.7 Å². The van der Waals surface area contributed by atoms with Gasteiger partial charge in [-0.2, -0.15) is 0 Å². The first-order valence-corrected chi connectivity index (χ1v) is 7.86. The second-order valence-electron chi connectivity index (χ2n) is 5.35. The zero-order valence-corrected chi connectivity index (χ0v) is 14.0. The number of rotatable bonds is 8. The van der Waals surface area contributed by atoms with Gasteiger partial charge in [-0.15, -0.1) is 0 Å². The van der Waals surface area contributed by atoms with Gasteiger partial charge in [-0.1, -0.05) is 13.3 Å². The highest BCUT2D eigenvalue weighted by Gasteiger charge is 2.11. The van der Waals surface area contributed by atoms with Gasteiger partial charge in [0.15, 0.2) is 0 Å². The van der Waals surface area contributed by atoms with Crippen molar-refractivity contribution < 1.29 is 14.4 Å². The van der Waals surface area contributed by atoms with Crippen LogP contribution in [0.2, 0.25) is 0 Å². The first kappa shape index (κ1) is 18.7. The van der Waals surface area contributed by atoms with E-state index in [4.69, 9.17) is 0 Å². The number of anilines is 2. The van der Waals surface area contributed by atoms with Crippen molar-refractivity contribution in [3.8, 4) is 0 Å². The van der Waals surface area contributed by atoms with E-state index >= 15 is 0 Å². The Kier molecular flexibility index (Phi) is 7.80. The predicted octanol–water partition coefficient (Wildman–Crippen LogP) is 2.30. The quantitative estimate of drug-likeness (QED) is 0.772. The molecule has 0 aliphatic carbocycles. The van der Waals surface area contributed by atoms with Gasteiger partial charge in [0, 0.05) is 44.7 Å². The largest absolute Gasteiger partial charge is 0.354 e. The summed E-state index contributed by atoms with van der Waals surface area (Å²) in [6, 6.07) is 7.02. The van der Waals surface area contributed by atoms with Gasteiger partial charge >= 0.3 is 0 Å². The van der Waals surface area contributed by atoms with E-state index < -0.39 is 0 Å². The Labute approximate surface area is 137 Å². The molecular weight excluding hydrogens is 294 g/mol. The standard InChI is InChI=1S/C17H25N3O3/c1-4-5-6-17(23)18-11-12-20(14(3)22)16-9-7-15(8-10-16)19-13(2)21/h7-10H,4-6,11-12H2,1-3H3,(H,18,23)(H,19,21). The molecule has 0 heterocycles. The van der Waals surface area contributed by atoms with Crippen LogP contribution in [-0.2, 0) is 14.4 Å². The maximum Gasteiger partial charge on any atom is 0.223 e. The summed E-state index contributed by atoms with van der Waals surface area (Å²) in [7, 11) is 0. The first-order valence-electron chi connectivity index (χ1n) is 7.86. The van der Waals surface area contributed by atoms with Gasteiger partial charge in [0.25, 0.3) is 0 Å². The van der Waals surface area contributed by atoms with Crippen LogP contribution in [0.25, 0.3) is 0 Å². The van der Waals surface area contributed by atoms with Crippen LogP contribution in [-0.4, -0.2) is 30.8 Å². The lowest BCUT2D eigenvalue weighted by atomic mass is 10.2. The SMILES string of the molecule is CCCCC(=O)NCCN(C(C)=O)c1ccc(NC(C)=O)cc1. The van der Waals surface area contributed by atoms with Crippen LogP contribution in [0.5, 0.6) is 0 Å². The molecule has 0 spiro atoms. The molecule has 0 aromatic heterocycles. The average molecular weight is 319 g/mol. The van der Waals surface area contributed by atoms with Crippen LogP contribution in [0.4, 0.5) is 11.4 Å². The molecule has 0 aliphatic rings. The summed E-state index contributed by atoms with van der Waals surface area (Å²) in [6.45, 7) is 5.79. The summed E-state index contributed by atoms with van der Waals surface area (Å²) >= 11 is 0. The summed E-state index contributed by atoms with van der Waals surface area (Å²) in [5.74, 6) is -0.229. The monoisotopic (exact) mass is 319 g/mol. The lowest BCUT2D eigenvalue weighted by molar-refractivity contribution is -0.121. The predicted molar refractivity (Wildman–Crippen MR) is 91.3 cm³/mol. The average Bonchev–Trinajstić information content (AvgIpc) is 2.49. The lowest BCUT2D eigenvalue weighted by Gasteiger charge is -2.21. The fourth-order valence-corrected chi connectivity index (χ4v) is 2.13. The van der Waals surface area contributed by atoms with Gasteiger partial charge in [-0.05, 0) is 30.7 Å². The fourth-order valence-electron chi connectivity index (χ4n) is 2.13. The molecule has 0 unspecified atom stereocenters. The molecule has 0 aliphatic heterocycles. The van der Waals surface area contributed by atoms with Crippen molar-refractivity contribution in [3.05, 3.63) is 24.3 Å². The Balaban J connectivity index is 2.59. The lowest BCUT2D eigenvalue weighted by Crippen LogP contribution is -2.37. The van der Waals surface area contributed by atoms with Crippen molar-refractivity contribution in [1.82, 2.24) is 5.32 Å². The Morgan fingerprint density at radius 2 is 1.74 bits per heavy atom. The molecule has 6 heteroatoms. The number of carbonyl (C=O) groups is 3. The summed E-state index contributed by atoms with van der Waals surface area (Å²) in [4.78, 5) is 36.0. The van der Waals surface area contributed by atoms with Gasteiger partial charge in [0.1, 0.15) is 0 Å². The summed E-state index contributed by atoms with van der Waals surface area (Å²) in [5.41, 5.74) is 1.41. The highest BCUT2D eigenvalue weighted by atomic mass is 16.2. The van der Waals surface area contributed by atoms with E-state index in [1.807, 2.05) is 6.92 Å². The number of hydrogen-bond donors (Lipinski definition) is 2. The fraction of sp³-hybridized carbons (Fsp3) is 0.471. The van der Waals surface area contributed by atoms with Crippen molar-refractivity contribution >= 4 is 29.1 Å². The van der Waals surface area contributed by atoms with Crippen LogP contribution in [0.1, 0.15) is 40.0 Å². The van der Waals surface area contributed by atoms with E-state index in [0.29, 0.717) is 25.2 Å². The highest BCUT2D eigenvalue weighted by Crippen LogP contribution is 2.18. The molecule has 1 rings (SSSR count). The molecule has 0 fully saturated rings. The second-order valence-corrected chi connectivity index (χ2v) is 5.35. The minimum Gasteiger partial charge on any atom is -0.354 e. The van der Waals surface area contributed by atoms with E-state index in [-0.39, 0.29) is 17.7 Å². The number of hydrogen-bond acceptors (Lipinski definition) is 3. The molecule has 0 saturated carbocycles. The third-order valence-electron chi connectivity index (χ3n) is 3.29. The summed E-state index contributed by atoms with van der Waals surface area (Å²) < 4.78 is 0. The van der Waals surface area contributed by atoms with E-state index in [2.05, 4.69) is 10.6 Å². The van der Waals surface area contributed by atoms with Gasteiger partial charge in [-0.3, -0.25) is 14.4 Å². The molecule has 0 atom stereocenters. The highest BCUT2D eigenvalue weighted by molar-refractivity contribution is 5.92. The molecular formula is C17H25N3O3. The maximum absolute atomic E-state index is 11.8. The molecule has 126 valence electrons. The van der Waals surface area contributed by atoms with Crippen molar-refractivity contribution in [1.29, 1.82) is 0 Å². The third-order valence-corrected chi connectivity index (χ3v) is 3.29. The smallest absolute Gasteiger partial charge is 0.223 e. The van der Waals surface area contributed by atoms with Gasteiger partial charge < -0.3 is 15.5 Å². The van der Waals surface area contributed by atoms with Gasteiger partial charge in [-0.25, -0.2) is 0 Å². The zero-order valence-electron chi connectivity index (χ0n) is 14.0. The molecule has 2 N–H and O–H groups in total. The van der Waals surface area contributed by atoms with Crippen LogP contribution < -0.4 is 15.5 Å². The number of nitrogens with zero attached hydrogens (tertiary/aromatic N) is 1. The van der Waals surface area contributed by atoms with Crippen molar-refractivity contribution in [2.45, 2.75) is 40.0 Å². The number of amides is 3. The topological polar surface area (TPSA) is 78.5 Å². The second kappa shape index (κ2) is 9.61. The minimum absolute atomic E-state index is 0.0105. The molecule has 0 bridgehead atoms. The number of unbranched alkanes of at least 4 members (excludes halogenated alkanes) is 1. The molecule has 23 heavy (non-hydrogen) atoms. The molecule has 3 amide bonds. The molecule has 1 aromatic rings. The Morgan fingerprint density at radius 3 is 2.26 bits per heavy atom. The van der Waals surface area contributed by atoms with Crippen LogP contribution in [0.15, 0.2) is 24.3 Å². The van der Waals surface area contributed by atoms with Crippen LogP contribution >= 0.6 is 0 Å². The molecule has 0 radical (unpaired) electrons. The minimum atomic E-state index is -0.143. The van der Waals surface area contributed by atoms with Crippen LogP contribution in [0.3, 0.4) is 0 Å². The molecule has 1 aromatic carbocycles. The van der Waals surface area contributed by atoms with E-state index in [1.165, 1.54) is 13.8 Å². The number of benzene rings is 1. The third kappa shape index (κ3) is 6.95.